The Labute approximate surface area is 327 Å². The first-order valence-electron chi connectivity index (χ1n) is 18.8. The average Bonchev–Trinajstić information content (AvgIpc) is 3.82. The maximum Gasteiger partial charge on any atom is 0.163 e. The maximum absolute atomic E-state index is 5.04. The molecule has 6 heteroatoms. The standard InChI is InChI=1S/C50H33N5S/c1-4-15-32(16-5-1)48-52-49(33-17-6-2-7-18-33)54-50(53-48)42-24-14-23-41(51-42)35-30-39(47-38-22-11-13-26-45(38)56-46(47)31-35)34-27-28-44-40(29-34)37-21-10-12-25-43(37)55(44)36-19-8-3-9-20-36/h1-31,42,51H. The van der Waals surface area contributed by atoms with Gasteiger partial charge >= 0.3 is 0 Å². The Hall–Kier alpha value is -7.15. The van der Waals surface area contributed by atoms with E-state index >= 15 is 0 Å². The third-order valence-electron chi connectivity index (χ3n) is 10.7. The second kappa shape index (κ2) is 13.3. The number of nitrogens with zero attached hydrogens (tertiary/aromatic N) is 4. The molecule has 1 atom stereocenters. The fourth-order valence-corrected chi connectivity index (χ4v) is 9.23. The van der Waals surface area contributed by atoms with Gasteiger partial charge in [0.2, 0.25) is 0 Å². The molecule has 1 aliphatic rings. The third-order valence-corrected chi connectivity index (χ3v) is 11.8. The number of aromatic nitrogens is 4. The molecule has 0 bridgehead atoms. The van der Waals surface area contributed by atoms with E-state index in [2.05, 4.69) is 137 Å². The van der Waals surface area contributed by atoms with Crippen LogP contribution in [0.4, 0.5) is 0 Å². The maximum atomic E-state index is 5.04. The highest BCUT2D eigenvalue weighted by molar-refractivity contribution is 7.26. The number of thiophene rings is 1. The smallest absolute Gasteiger partial charge is 0.163 e. The number of benzene rings is 7. The molecule has 11 rings (SSSR count). The molecule has 0 fully saturated rings. The third kappa shape index (κ3) is 5.50. The van der Waals surface area contributed by atoms with Gasteiger partial charge in [-0.05, 0) is 71.3 Å². The van der Waals surface area contributed by atoms with Gasteiger partial charge in [-0.25, -0.2) is 15.0 Å². The van der Waals surface area contributed by atoms with Crippen LogP contribution in [0.3, 0.4) is 0 Å². The molecule has 0 saturated heterocycles. The Morgan fingerprint density at radius 2 is 1.14 bits per heavy atom. The van der Waals surface area contributed by atoms with Gasteiger partial charge in [-0.3, -0.25) is 0 Å². The van der Waals surface area contributed by atoms with E-state index in [0.717, 1.165) is 28.1 Å². The van der Waals surface area contributed by atoms with Crippen LogP contribution in [0.25, 0.3) is 87.3 Å². The molecule has 5 nitrogen and oxygen atoms in total. The number of dihydropyridines is 1. The quantitative estimate of drug-likeness (QED) is 0.185. The highest BCUT2D eigenvalue weighted by Gasteiger charge is 2.22. The molecule has 0 saturated carbocycles. The highest BCUT2D eigenvalue weighted by atomic mass is 32.1. The van der Waals surface area contributed by atoms with Crippen molar-refractivity contribution in [2.24, 2.45) is 0 Å². The van der Waals surface area contributed by atoms with Gasteiger partial charge in [0.15, 0.2) is 17.5 Å². The predicted molar refractivity (Wildman–Crippen MR) is 233 cm³/mol. The van der Waals surface area contributed by atoms with Gasteiger partial charge in [-0.2, -0.15) is 0 Å². The second-order valence-electron chi connectivity index (χ2n) is 14.1. The van der Waals surface area contributed by atoms with Crippen molar-refractivity contribution in [2.45, 2.75) is 6.04 Å². The molecule has 3 aromatic heterocycles. The molecule has 0 amide bonds. The minimum absolute atomic E-state index is 0.259. The van der Waals surface area contributed by atoms with Crippen LogP contribution < -0.4 is 5.32 Å². The van der Waals surface area contributed by atoms with Crippen molar-refractivity contribution < 1.29 is 0 Å². The summed E-state index contributed by atoms with van der Waals surface area (Å²) in [5.74, 6) is 1.97. The highest BCUT2D eigenvalue weighted by Crippen LogP contribution is 2.44. The first-order chi connectivity index (χ1) is 27.7. The van der Waals surface area contributed by atoms with Crippen molar-refractivity contribution in [3.8, 4) is 39.6 Å². The van der Waals surface area contributed by atoms with Crippen LogP contribution in [0.2, 0.25) is 0 Å². The van der Waals surface area contributed by atoms with E-state index in [4.69, 9.17) is 15.0 Å². The fourth-order valence-electron chi connectivity index (χ4n) is 8.05. The van der Waals surface area contributed by atoms with E-state index in [1.165, 1.54) is 53.1 Å². The predicted octanol–water partition coefficient (Wildman–Crippen LogP) is 12.6. The van der Waals surface area contributed by atoms with E-state index in [1.54, 1.807) is 0 Å². The van der Waals surface area contributed by atoms with Gasteiger partial charge in [0, 0.05) is 53.5 Å². The van der Waals surface area contributed by atoms with E-state index in [9.17, 15) is 0 Å². The first-order valence-corrected chi connectivity index (χ1v) is 19.6. The monoisotopic (exact) mass is 735 g/mol. The molecule has 0 spiro atoms. The Morgan fingerprint density at radius 3 is 1.89 bits per heavy atom. The van der Waals surface area contributed by atoms with Crippen LogP contribution in [0.1, 0.15) is 17.4 Å². The number of allylic oxidation sites excluding steroid dienone is 2. The summed E-state index contributed by atoms with van der Waals surface area (Å²) in [6.45, 7) is 0. The van der Waals surface area contributed by atoms with Crippen LogP contribution >= 0.6 is 11.3 Å². The van der Waals surface area contributed by atoms with Crippen molar-refractivity contribution in [3.63, 3.8) is 0 Å². The molecule has 1 N–H and O–H groups in total. The molecular formula is C50H33N5S. The van der Waals surface area contributed by atoms with E-state index in [-0.39, 0.29) is 6.04 Å². The Bertz CT molecular complexity index is 3100. The van der Waals surface area contributed by atoms with Crippen LogP contribution in [0.15, 0.2) is 188 Å². The summed E-state index contributed by atoms with van der Waals surface area (Å²) in [5, 5.41) is 8.84. The minimum Gasteiger partial charge on any atom is -0.371 e. The van der Waals surface area contributed by atoms with E-state index < -0.39 is 0 Å². The summed E-state index contributed by atoms with van der Waals surface area (Å²) in [4.78, 5) is 15.0. The molecule has 10 aromatic rings. The topological polar surface area (TPSA) is 55.6 Å². The van der Waals surface area contributed by atoms with Crippen LogP contribution in [0, 0.1) is 0 Å². The lowest BCUT2D eigenvalue weighted by molar-refractivity contribution is 0.700. The van der Waals surface area contributed by atoms with Gasteiger partial charge in [0.05, 0.1) is 11.0 Å². The van der Waals surface area contributed by atoms with Crippen molar-refractivity contribution in [2.75, 3.05) is 0 Å². The van der Waals surface area contributed by atoms with Crippen LogP contribution in [0.5, 0.6) is 0 Å². The van der Waals surface area contributed by atoms with Crippen molar-refractivity contribution >= 4 is 59.0 Å². The Kier molecular flexibility index (Phi) is 7.67. The normalized spacial score (nSPS) is 14.1. The van der Waals surface area contributed by atoms with Gasteiger partial charge in [-0.1, -0.05) is 133 Å². The Morgan fingerprint density at radius 1 is 0.500 bits per heavy atom. The number of fused-ring (bicyclic) bond motifs is 6. The molecular weight excluding hydrogens is 703 g/mol. The summed E-state index contributed by atoms with van der Waals surface area (Å²) < 4.78 is 4.90. The van der Waals surface area contributed by atoms with Crippen molar-refractivity contribution in [3.05, 3.63) is 199 Å². The summed E-state index contributed by atoms with van der Waals surface area (Å²) in [7, 11) is 0. The van der Waals surface area contributed by atoms with Gasteiger partial charge in [0.25, 0.3) is 0 Å². The van der Waals surface area contributed by atoms with Crippen LogP contribution in [-0.4, -0.2) is 19.5 Å². The SMILES string of the molecule is C1=CC(c2nc(-c3ccccc3)nc(-c3ccccc3)n2)NC(c2cc(-c3ccc4c(c3)c3ccccc3n4-c3ccccc3)c3c(c2)sc2ccccc23)=C1. The zero-order chi connectivity index (χ0) is 37.0. The summed E-state index contributed by atoms with van der Waals surface area (Å²) in [5.41, 5.74) is 9.97. The summed E-state index contributed by atoms with van der Waals surface area (Å²) in [6, 6.07) is 59.8. The number of para-hydroxylation sites is 2. The molecule has 264 valence electrons. The molecule has 56 heavy (non-hydrogen) atoms. The molecule has 4 heterocycles. The molecule has 7 aromatic carbocycles. The molecule has 0 radical (unpaired) electrons. The van der Waals surface area contributed by atoms with Crippen molar-refractivity contribution in [1.29, 1.82) is 0 Å². The summed E-state index contributed by atoms with van der Waals surface area (Å²) >= 11 is 1.84. The first kappa shape index (κ1) is 32.3. The van der Waals surface area contributed by atoms with E-state index in [1.807, 2.05) is 72.0 Å². The number of rotatable bonds is 6. The number of hydrogen-bond donors (Lipinski definition) is 1. The lowest BCUT2D eigenvalue weighted by Gasteiger charge is -2.22. The Balaban J connectivity index is 1.05. The zero-order valence-electron chi connectivity index (χ0n) is 30.2. The van der Waals surface area contributed by atoms with Crippen molar-refractivity contribution in [1.82, 2.24) is 24.8 Å². The summed E-state index contributed by atoms with van der Waals surface area (Å²) in [6.07, 6.45) is 6.39. The van der Waals surface area contributed by atoms with Gasteiger partial charge in [-0.15, -0.1) is 11.3 Å². The van der Waals surface area contributed by atoms with Crippen LogP contribution in [-0.2, 0) is 0 Å². The molecule has 1 unspecified atom stereocenters. The largest absolute Gasteiger partial charge is 0.371 e. The lowest BCUT2D eigenvalue weighted by Crippen LogP contribution is -2.23. The van der Waals surface area contributed by atoms with E-state index in [0.29, 0.717) is 17.5 Å². The lowest BCUT2D eigenvalue weighted by atomic mass is 9.94. The zero-order valence-corrected chi connectivity index (χ0v) is 31.0. The number of hydrogen-bond acceptors (Lipinski definition) is 5. The average molecular weight is 736 g/mol. The minimum atomic E-state index is -0.259. The number of nitrogens with one attached hydrogen (secondary N) is 1. The van der Waals surface area contributed by atoms with Gasteiger partial charge in [0.1, 0.15) is 6.04 Å². The van der Waals surface area contributed by atoms with Gasteiger partial charge < -0.3 is 9.88 Å². The fraction of sp³-hybridized carbons (Fsp3) is 0.0200. The second-order valence-corrected chi connectivity index (χ2v) is 15.2. The molecule has 1 aliphatic heterocycles. The molecule has 0 aliphatic carbocycles.